The lowest BCUT2D eigenvalue weighted by atomic mass is 9.57. The van der Waals surface area contributed by atoms with Gasteiger partial charge in [0.05, 0.1) is 19.8 Å². The molecule has 0 aromatic carbocycles. The second kappa shape index (κ2) is 9.96. The fourth-order valence-corrected chi connectivity index (χ4v) is 6.92. The van der Waals surface area contributed by atoms with Gasteiger partial charge < -0.3 is 14.3 Å². The van der Waals surface area contributed by atoms with Crippen LogP contribution in [-0.2, 0) is 32.4 Å². The van der Waals surface area contributed by atoms with Crippen molar-refractivity contribution in [2.75, 3.05) is 19.8 Å². The highest BCUT2D eigenvalue weighted by atomic mass is 31.2. The third kappa shape index (κ3) is 4.56. The molecule has 182 valence electrons. The third-order valence-corrected chi connectivity index (χ3v) is 9.12. The van der Waals surface area contributed by atoms with E-state index in [2.05, 4.69) is 0 Å². The minimum atomic E-state index is -3.70. The second-order valence-corrected chi connectivity index (χ2v) is 11.1. The van der Waals surface area contributed by atoms with Crippen LogP contribution in [-0.4, -0.2) is 44.0 Å². The summed E-state index contributed by atoms with van der Waals surface area (Å²) in [5, 5.41) is 0. The van der Waals surface area contributed by atoms with Crippen molar-refractivity contribution in [1.29, 1.82) is 0 Å². The van der Waals surface area contributed by atoms with Gasteiger partial charge in [0.1, 0.15) is 12.4 Å². The highest BCUT2D eigenvalue weighted by Gasteiger charge is 2.65. The lowest BCUT2D eigenvalue weighted by Gasteiger charge is -2.51. The van der Waals surface area contributed by atoms with Crippen LogP contribution in [0.15, 0.2) is 11.1 Å². The van der Waals surface area contributed by atoms with Crippen LogP contribution in [0.1, 0.15) is 73.1 Å². The summed E-state index contributed by atoms with van der Waals surface area (Å²) in [5.41, 5.74) is 0.398. The van der Waals surface area contributed by atoms with Crippen LogP contribution in [0.5, 0.6) is 0 Å². The molecule has 3 rings (SSSR count). The summed E-state index contributed by atoms with van der Waals surface area (Å²) >= 11 is 0. The van der Waals surface area contributed by atoms with Crippen LogP contribution in [0.25, 0.3) is 0 Å². The predicted molar refractivity (Wildman–Crippen MR) is 118 cm³/mol. The maximum Gasteiger partial charge on any atom is 0.509 e. The fraction of sp³-hybridized carbons (Fsp3) is 0.826. The summed E-state index contributed by atoms with van der Waals surface area (Å²) in [4.78, 5) is 24.3. The monoisotopic (exact) mass is 472 g/mol. The first-order valence-electron chi connectivity index (χ1n) is 11.7. The van der Waals surface area contributed by atoms with E-state index in [4.69, 9.17) is 23.0 Å². The Labute approximate surface area is 191 Å². The van der Waals surface area contributed by atoms with Gasteiger partial charge in [-0.05, 0) is 52.0 Å². The van der Waals surface area contributed by atoms with Crippen LogP contribution in [0.4, 0.5) is 4.79 Å². The molecule has 8 nitrogen and oxygen atoms in total. The Kier molecular flexibility index (Phi) is 7.91. The Bertz CT molecular complexity index is 781. The van der Waals surface area contributed by atoms with E-state index in [0.29, 0.717) is 12.8 Å². The van der Waals surface area contributed by atoms with E-state index < -0.39 is 31.1 Å². The Morgan fingerprint density at radius 3 is 2.41 bits per heavy atom. The molecule has 3 aliphatic rings. The number of cyclic esters (lactones) is 1. The molecule has 1 spiro atoms. The molecule has 2 fully saturated rings. The van der Waals surface area contributed by atoms with E-state index >= 15 is 0 Å². The molecule has 1 heterocycles. The third-order valence-electron chi connectivity index (χ3n) is 7.53. The zero-order valence-corrected chi connectivity index (χ0v) is 20.8. The van der Waals surface area contributed by atoms with Crippen LogP contribution in [0.3, 0.4) is 0 Å². The SMILES string of the molecule is CCOP(=O)(OCC)OCC1=C(C)CC[C@]2(OC(=O)O[C@H]2[C@@H]2CCCC[C@H]2C=O)C1(C)C. The molecule has 0 bridgehead atoms. The van der Waals surface area contributed by atoms with Crippen molar-refractivity contribution in [3.05, 3.63) is 11.1 Å². The fourth-order valence-electron chi connectivity index (χ4n) is 5.77. The average Bonchev–Trinajstić information content (AvgIpc) is 3.09. The topological polar surface area (TPSA) is 97.4 Å². The molecule has 0 unspecified atom stereocenters. The van der Waals surface area contributed by atoms with Crippen molar-refractivity contribution in [3.8, 4) is 0 Å². The highest BCUT2D eigenvalue weighted by molar-refractivity contribution is 7.48. The molecule has 0 N–H and O–H groups in total. The van der Waals surface area contributed by atoms with E-state index in [1.165, 1.54) is 0 Å². The number of hydrogen-bond acceptors (Lipinski definition) is 8. The van der Waals surface area contributed by atoms with Gasteiger partial charge in [-0.3, -0.25) is 13.6 Å². The van der Waals surface area contributed by atoms with Crippen molar-refractivity contribution in [2.24, 2.45) is 17.3 Å². The summed E-state index contributed by atoms with van der Waals surface area (Å²) < 4.78 is 40.9. The van der Waals surface area contributed by atoms with E-state index in [1.54, 1.807) is 13.8 Å². The van der Waals surface area contributed by atoms with Crippen molar-refractivity contribution < 1.29 is 37.2 Å². The summed E-state index contributed by atoms with van der Waals surface area (Å²) in [7, 11) is -3.70. The molecule has 32 heavy (non-hydrogen) atoms. The van der Waals surface area contributed by atoms with Gasteiger partial charge in [0.2, 0.25) is 0 Å². The molecule has 0 amide bonds. The number of carbonyl (C=O) groups excluding carboxylic acids is 2. The minimum Gasteiger partial charge on any atom is -0.426 e. The molecule has 1 aliphatic heterocycles. The molecule has 0 aromatic heterocycles. The van der Waals surface area contributed by atoms with Gasteiger partial charge in [0, 0.05) is 17.3 Å². The summed E-state index contributed by atoms with van der Waals surface area (Å²) in [6.07, 6.45) is 4.70. The van der Waals surface area contributed by atoms with Crippen LogP contribution >= 0.6 is 7.82 Å². The number of carbonyl (C=O) groups is 2. The van der Waals surface area contributed by atoms with Gasteiger partial charge in [0.15, 0.2) is 5.60 Å². The number of phosphoric acid groups is 1. The van der Waals surface area contributed by atoms with Gasteiger partial charge in [-0.2, -0.15) is 0 Å². The molecule has 2 aliphatic carbocycles. The van der Waals surface area contributed by atoms with Gasteiger partial charge >= 0.3 is 14.0 Å². The molecule has 0 radical (unpaired) electrons. The van der Waals surface area contributed by atoms with Crippen molar-refractivity contribution in [1.82, 2.24) is 0 Å². The lowest BCUT2D eigenvalue weighted by Crippen LogP contribution is -2.59. The number of hydrogen-bond donors (Lipinski definition) is 0. The highest BCUT2D eigenvalue weighted by Crippen LogP contribution is 2.58. The Morgan fingerprint density at radius 2 is 1.78 bits per heavy atom. The van der Waals surface area contributed by atoms with E-state index in [-0.39, 0.29) is 31.7 Å². The van der Waals surface area contributed by atoms with E-state index in [0.717, 1.165) is 43.1 Å². The van der Waals surface area contributed by atoms with Crippen molar-refractivity contribution >= 4 is 20.3 Å². The standard InChI is InChI=1S/C23H37O8P/c1-6-27-32(26,28-7-2)29-15-19-16(3)12-13-23(22(19,4)5)20(30-21(25)31-23)18-11-9-8-10-17(18)14-24/h14,17-18,20H,6-13,15H2,1-5H3/t17-,18+,20-,23+/m0/s1. The number of rotatable bonds is 9. The molecule has 1 saturated heterocycles. The number of ether oxygens (including phenoxy) is 2. The van der Waals surface area contributed by atoms with Crippen LogP contribution in [0, 0.1) is 17.3 Å². The molecule has 0 aromatic rings. The molecule has 9 heteroatoms. The number of allylic oxidation sites excluding steroid dienone is 1. The average molecular weight is 473 g/mol. The lowest BCUT2D eigenvalue weighted by molar-refractivity contribution is -0.123. The predicted octanol–water partition coefficient (Wildman–Crippen LogP) is 5.60. The smallest absolute Gasteiger partial charge is 0.426 e. The zero-order chi connectivity index (χ0) is 23.6. The Morgan fingerprint density at radius 1 is 1.12 bits per heavy atom. The summed E-state index contributed by atoms with van der Waals surface area (Å²) in [6, 6.07) is 0. The van der Waals surface area contributed by atoms with Crippen molar-refractivity contribution in [3.63, 3.8) is 0 Å². The number of aldehydes is 1. The minimum absolute atomic E-state index is 0.0317. The van der Waals surface area contributed by atoms with E-state index in [9.17, 15) is 14.2 Å². The Hall–Kier alpha value is -1.21. The Balaban J connectivity index is 1.93. The van der Waals surface area contributed by atoms with Gasteiger partial charge in [-0.1, -0.05) is 32.3 Å². The van der Waals surface area contributed by atoms with Gasteiger partial charge in [-0.25, -0.2) is 9.36 Å². The second-order valence-electron chi connectivity index (χ2n) is 9.47. The first-order chi connectivity index (χ1) is 15.1. The first-order valence-corrected chi connectivity index (χ1v) is 13.2. The molecule has 1 saturated carbocycles. The number of phosphoric ester groups is 1. The first kappa shape index (κ1) is 25.4. The molecular formula is C23H37O8P. The molecular weight excluding hydrogens is 435 g/mol. The normalized spacial score (nSPS) is 32.7. The largest absolute Gasteiger partial charge is 0.509 e. The summed E-state index contributed by atoms with van der Waals surface area (Å²) in [6.45, 7) is 9.92. The van der Waals surface area contributed by atoms with E-state index in [1.807, 2.05) is 20.8 Å². The maximum atomic E-state index is 12.9. The maximum absolute atomic E-state index is 12.9. The quantitative estimate of drug-likeness (QED) is 0.185. The zero-order valence-electron chi connectivity index (χ0n) is 19.9. The van der Waals surface area contributed by atoms with Crippen molar-refractivity contribution in [2.45, 2.75) is 84.8 Å². The summed E-state index contributed by atoms with van der Waals surface area (Å²) in [5.74, 6) is -0.232. The van der Waals surface area contributed by atoms with Crippen LogP contribution < -0.4 is 0 Å². The van der Waals surface area contributed by atoms with Gasteiger partial charge in [-0.15, -0.1) is 0 Å². The molecule has 4 atom stereocenters. The van der Waals surface area contributed by atoms with Gasteiger partial charge in [0.25, 0.3) is 0 Å². The van der Waals surface area contributed by atoms with Crippen LogP contribution in [0.2, 0.25) is 0 Å².